The predicted octanol–water partition coefficient (Wildman–Crippen LogP) is 1.65. The fourth-order valence-corrected chi connectivity index (χ4v) is 2.50. The van der Waals surface area contributed by atoms with Gasteiger partial charge >= 0.3 is 5.97 Å². The van der Waals surface area contributed by atoms with Gasteiger partial charge in [0.1, 0.15) is 5.54 Å². The summed E-state index contributed by atoms with van der Waals surface area (Å²) in [5.41, 5.74) is -0.432. The molecule has 0 atom stereocenters. The van der Waals surface area contributed by atoms with Gasteiger partial charge in [0.15, 0.2) is 0 Å². The molecule has 1 rings (SSSR count). The average Bonchev–Trinajstić information content (AvgIpc) is 2.32. The molecule has 0 aromatic carbocycles. The third-order valence-corrected chi connectivity index (χ3v) is 3.82. The van der Waals surface area contributed by atoms with Gasteiger partial charge in [-0.1, -0.05) is 6.92 Å². The van der Waals surface area contributed by atoms with Gasteiger partial charge in [-0.15, -0.1) is 0 Å². The second-order valence-corrected chi connectivity index (χ2v) is 5.72. The molecule has 0 amide bonds. The van der Waals surface area contributed by atoms with Gasteiger partial charge in [0.2, 0.25) is 0 Å². The van der Waals surface area contributed by atoms with Crippen molar-refractivity contribution >= 4 is 5.97 Å². The van der Waals surface area contributed by atoms with Crippen LogP contribution in [0, 0.1) is 5.92 Å². The number of nitrogens with one attached hydrogen (secondary N) is 1. The number of nitrogens with zero attached hydrogens (tertiary/aromatic N) is 1. The fourth-order valence-electron chi connectivity index (χ4n) is 2.50. The monoisotopic (exact) mass is 256 g/mol. The highest BCUT2D eigenvalue weighted by molar-refractivity contribution is 5.81. The standard InChI is InChI=1S/C14H28N2O2/c1-5-18-13(17)14(15-10-11-16(3)4)8-6-12(2)7-9-14/h12,15H,5-11H2,1-4H3. The maximum atomic E-state index is 12.2. The molecule has 1 saturated carbocycles. The third-order valence-electron chi connectivity index (χ3n) is 3.82. The van der Waals surface area contributed by atoms with Crippen LogP contribution in [0.3, 0.4) is 0 Å². The Kier molecular flexibility index (Phi) is 6.09. The lowest BCUT2D eigenvalue weighted by Crippen LogP contribution is -2.56. The number of carbonyl (C=O) groups excluding carboxylic acids is 1. The number of esters is 1. The van der Waals surface area contributed by atoms with Crippen LogP contribution in [-0.2, 0) is 9.53 Å². The van der Waals surface area contributed by atoms with E-state index >= 15 is 0 Å². The van der Waals surface area contributed by atoms with Crippen molar-refractivity contribution in [2.45, 2.75) is 45.1 Å². The molecule has 1 aliphatic rings. The first-order valence-corrected chi connectivity index (χ1v) is 7.07. The summed E-state index contributed by atoms with van der Waals surface area (Å²) in [6.45, 7) is 6.37. The lowest BCUT2D eigenvalue weighted by atomic mass is 9.77. The molecule has 0 heterocycles. The van der Waals surface area contributed by atoms with Crippen molar-refractivity contribution in [1.29, 1.82) is 0 Å². The molecule has 1 aliphatic carbocycles. The van der Waals surface area contributed by atoms with Crippen molar-refractivity contribution in [2.75, 3.05) is 33.8 Å². The molecule has 1 fully saturated rings. The summed E-state index contributed by atoms with van der Waals surface area (Å²) in [5, 5.41) is 3.46. The maximum Gasteiger partial charge on any atom is 0.326 e. The van der Waals surface area contributed by atoms with E-state index in [0.717, 1.165) is 44.7 Å². The summed E-state index contributed by atoms with van der Waals surface area (Å²) in [7, 11) is 4.09. The van der Waals surface area contributed by atoms with Crippen molar-refractivity contribution in [1.82, 2.24) is 10.2 Å². The van der Waals surface area contributed by atoms with Crippen LogP contribution in [0.1, 0.15) is 39.5 Å². The minimum Gasteiger partial charge on any atom is -0.465 e. The van der Waals surface area contributed by atoms with Crippen molar-refractivity contribution in [3.63, 3.8) is 0 Å². The Bertz CT molecular complexity index is 259. The largest absolute Gasteiger partial charge is 0.465 e. The highest BCUT2D eigenvalue weighted by atomic mass is 16.5. The summed E-state index contributed by atoms with van der Waals surface area (Å²) in [5.74, 6) is 0.666. The lowest BCUT2D eigenvalue weighted by Gasteiger charge is -2.38. The third kappa shape index (κ3) is 4.25. The van der Waals surface area contributed by atoms with Gasteiger partial charge in [0.05, 0.1) is 6.61 Å². The number of hydrogen-bond acceptors (Lipinski definition) is 4. The average molecular weight is 256 g/mol. The van der Waals surface area contributed by atoms with Crippen LogP contribution in [0.5, 0.6) is 0 Å². The molecular weight excluding hydrogens is 228 g/mol. The fraction of sp³-hybridized carbons (Fsp3) is 0.929. The van der Waals surface area contributed by atoms with E-state index in [2.05, 4.69) is 17.1 Å². The summed E-state index contributed by atoms with van der Waals surface area (Å²) in [6.07, 6.45) is 4.02. The Labute approximate surface area is 111 Å². The SMILES string of the molecule is CCOC(=O)C1(NCCN(C)C)CCC(C)CC1. The van der Waals surface area contributed by atoms with Crippen LogP contribution < -0.4 is 5.32 Å². The Morgan fingerprint density at radius 3 is 2.50 bits per heavy atom. The molecule has 0 bridgehead atoms. The van der Waals surface area contributed by atoms with Gasteiger partial charge in [-0.25, -0.2) is 0 Å². The van der Waals surface area contributed by atoms with Crippen molar-refractivity contribution in [3.05, 3.63) is 0 Å². The van der Waals surface area contributed by atoms with Gasteiger partial charge < -0.3 is 15.0 Å². The van der Waals surface area contributed by atoms with Gasteiger partial charge in [-0.05, 0) is 52.6 Å². The van der Waals surface area contributed by atoms with E-state index in [1.165, 1.54) is 0 Å². The molecule has 106 valence electrons. The van der Waals surface area contributed by atoms with Gasteiger partial charge in [0, 0.05) is 13.1 Å². The molecular formula is C14H28N2O2. The molecule has 4 nitrogen and oxygen atoms in total. The first-order chi connectivity index (χ1) is 8.50. The quantitative estimate of drug-likeness (QED) is 0.734. The molecule has 0 saturated heterocycles. The topological polar surface area (TPSA) is 41.6 Å². The van der Waals surface area contributed by atoms with E-state index in [9.17, 15) is 4.79 Å². The first-order valence-electron chi connectivity index (χ1n) is 7.07. The second kappa shape index (κ2) is 7.10. The van der Waals surface area contributed by atoms with E-state index in [1.54, 1.807) is 0 Å². The number of ether oxygens (including phenoxy) is 1. The van der Waals surface area contributed by atoms with E-state index in [1.807, 2.05) is 21.0 Å². The van der Waals surface area contributed by atoms with Crippen LogP contribution in [0.15, 0.2) is 0 Å². The first kappa shape index (κ1) is 15.4. The normalized spacial score (nSPS) is 28.4. The van der Waals surface area contributed by atoms with Gasteiger partial charge in [0.25, 0.3) is 0 Å². The minimum absolute atomic E-state index is 0.0596. The van der Waals surface area contributed by atoms with Crippen LogP contribution in [0.25, 0.3) is 0 Å². The zero-order valence-corrected chi connectivity index (χ0v) is 12.3. The smallest absolute Gasteiger partial charge is 0.326 e. The number of likely N-dealkylation sites (N-methyl/N-ethyl adjacent to an activating group) is 1. The van der Waals surface area contributed by atoms with Crippen LogP contribution in [-0.4, -0.2) is 50.2 Å². The minimum atomic E-state index is -0.432. The van der Waals surface area contributed by atoms with Gasteiger partial charge in [-0.2, -0.15) is 0 Å². The van der Waals surface area contributed by atoms with E-state index in [4.69, 9.17) is 4.74 Å². The van der Waals surface area contributed by atoms with Crippen LogP contribution >= 0.6 is 0 Å². The van der Waals surface area contributed by atoms with Crippen molar-refractivity contribution < 1.29 is 9.53 Å². The Balaban J connectivity index is 2.59. The Morgan fingerprint density at radius 2 is 2.00 bits per heavy atom. The van der Waals surface area contributed by atoms with E-state index < -0.39 is 5.54 Å². The Hall–Kier alpha value is -0.610. The molecule has 0 aromatic heterocycles. The second-order valence-electron chi connectivity index (χ2n) is 5.72. The molecule has 0 radical (unpaired) electrons. The molecule has 0 aliphatic heterocycles. The highest BCUT2D eigenvalue weighted by Crippen LogP contribution is 2.32. The summed E-state index contributed by atoms with van der Waals surface area (Å²) < 4.78 is 5.26. The van der Waals surface area contributed by atoms with Gasteiger partial charge in [-0.3, -0.25) is 4.79 Å². The zero-order chi connectivity index (χ0) is 13.6. The maximum absolute atomic E-state index is 12.2. The Morgan fingerprint density at radius 1 is 1.39 bits per heavy atom. The molecule has 0 spiro atoms. The van der Waals surface area contributed by atoms with E-state index in [0.29, 0.717) is 6.61 Å². The molecule has 0 aromatic rings. The molecule has 0 unspecified atom stereocenters. The highest BCUT2D eigenvalue weighted by Gasteiger charge is 2.41. The van der Waals surface area contributed by atoms with Crippen LogP contribution in [0.4, 0.5) is 0 Å². The van der Waals surface area contributed by atoms with Crippen LogP contribution in [0.2, 0.25) is 0 Å². The predicted molar refractivity (Wildman–Crippen MR) is 73.6 cm³/mol. The molecule has 18 heavy (non-hydrogen) atoms. The summed E-state index contributed by atoms with van der Waals surface area (Å²) >= 11 is 0. The number of carbonyl (C=O) groups is 1. The lowest BCUT2D eigenvalue weighted by molar-refractivity contribution is -0.153. The van der Waals surface area contributed by atoms with Crippen molar-refractivity contribution in [2.24, 2.45) is 5.92 Å². The molecule has 1 N–H and O–H groups in total. The molecule has 4 heteroatoms. The van der Waals surface area contributed by atoms with Crippen molar-refractivity contribution in [3.8, 4) is 0 Å². The summed E-state index contributed by atoms with van der Waals surface area (Å²) in [6, 6.07) is 0. The zero-order valence-electron chi connectivity index (χ0n) is 12.3. The number of rotatable bonds is 6. The van der Waals surface area contributed by atoms with E-state index in [-0.39, 0.29) is 5.97 Å². The summed E-state index contributed by atoms with van der Waals surface area (Å²) in [4.78, 5) is 14.3. The number of hydrogen-bond donors (Lipinski definition) is 1.